The third-order valence-electron chi connectivity index (χ3n) is 5.10. The topological polar surface area (TPSA) is 98.6 Å². The Morgan fingerprint density at radius 2 is 2.14 bits per heavy atom. The summed E-state index contributed by atoms with van der Waals surface area (Å²) in [6.07, 6.45) is 1.59. The summed E-state index contributed by atoms with van der Waals surface area (Å²) < 4.78 is 5.41. The zero-order valence-corrected chi connectivity index (χ0v) is 16.7. The highest BCUT2D eigenvalue weighted by Crippen LogP contribution is 2.25. The molecule has 2 aliphatic heterocycles. The number of fused-ring (bicyclic) bond motifs is 1. The maximum atomic E-state index is 12.8. The van der Waals surface area contributed by atoms with Gasteiger partial charge in [-0.25, -0.2) is 0 Å². The molecule has 1 aromatic carbocycles. The number of hydrogen-bond acceptors (Lipinski definition) is 7. The zero-order chi connectivity index (χ0) is 20.2. The highest BCUT2D eigenvalue weighted by Gasteiger charge is 2.29. The number of amides is 2. The Balaban J connectivity index is 1.51. The molecule has 0 saturated carbocycles. The number of pyridine rings is 1. The van der Waals surface area contributed by atoms with E-state index < -0.39 is 6.04 Å². The van der Waals surface area contributed by atoms with Crippen molar-refractivity contribution in [2.75, 3.05) is 49.4 Å². The predicted octanol–water partition coefficient (Wildman–Crippen LogP) is 1.23. The lowest BCUT2D eigenvalue weighted by Crippen LogP contribution is -2.42. The van der Waals surface area contributed by atoms with Gasteiger partial charge in [0.15, 0.2) is 0 Å². The Morgan fingerprint density at radius 1 is 1.31 bits per heavy atom. The third kappa shape index (κ3) is 4.13. The van der Waals surface area contributed by atoms with Crippen LogP contribution in [0.15, 0.2) is 30.5 Å². The average Bonchev–Trinajstić information content (AvgIpc) is 3.26. The minimum Gasteiger partial charge on any atom is -0.378 e. The monoisotopic (exact) mass is 411 g/mol. The average molecular weight is 411 g/mol. The molecule has 1 aromatic heterocycles. The molecule has 0 aliphatic carbocycles. The van der Waals surface area contributed by atoms with Crippen LogP contribution in [0.2, 0.25) is 0 Å². The summed E-state index contributed by atoms with van der Waals surface area (Å²) in [5, 5.41) is 12.6. The number of benzene rings is 1. The van der Waals surface area contributed by atoms with E-state index in [9.17, 15) is 9.59 Å². The molecule has 2 fully saturated rings. The summed E-state index contributed by atoms with van der Waals surface area (Å²) in [5.74, 6) is 0.510. The molecule has 4 rings (SSSR count). The Bertz CT molecular complexity index is 970. The van der Waals surface area contributed by atoms with Crippen LogP contribution < -0.4 is 10.2 Å². The summed E-state index contributed by atoms with van der Waals surface area (Å²) in [5.41, 5.74) is 2.22. The van der Waals surface area contributed by atoms with Crippen molar-refractivity contribution in [3.05, 3.63) is 36.0 Å². The number of aromatic nitrogens is 1. The van der Waals surface area contributed by atoms with Crippen LogP contribution in [-0.2, 0) is 9.53 Å². The molecule has 8 nitrogen and oxygen atoms in total. The quantitative estimate of drug-likeness (QED) is 0.808. The highest BCUT2D eigenvalue weighted by atomic mass is 32.2. The molecule has 3 heterocycles. The number of nitriles is 1. The summed E-state index contributed by atoms with van der Waals surface area (Å²) >= 11 is 1.54. The number of carbonyl (C=O) groups excluding carboxylic acids is 2. The van der Waals surface area contributed by atoms with Crippen molar-refractivity contribution in [2.45, 2.75) is 6.04 Å². The van der Waals surface area contributed by atoms with Crippen LogP contribution in [0.5, 0.6) is 0 Å². The van der Waals surface area contributed by atoms with Gasteiger partial charge in [0.1, 0.15) is 6.04 Å². The van der Waals surface area contributed by atoms with Crippen molar-refractivity contribution in [2.24, 2.45) is 0 Å². The summed E-state index contributed by atoms with van der Waals surface area (Å²) in [7, 11) is 0. The lowest BCUT2D eigenvalue weighted by Gasteiger charge is -2.29. The number of hydrogen-bond donors (Lipinski definition) is 1. The number of morpholine rings is 1. The van der Waals surface area contributed by atoms with Crippen molar-refractivity contribution in [1.29, 1.82) is 5.26 Å². The second-order valence-electron chi connectivity index (χ2n) is 6.85. The first kappa shape index (κ1) is 19.5. The number of nitrogens with zero attached hydrogens (tertiary/aromatic N) is 4. The Morgan fingerprint density at radius 3 is 2.93 bits per heavy atom. The van der Waals surface area contributed by atoms with Crippen LogP contribution in [-0.4, -0.2) is 72.2 Å². The second kappa shape index (κ2) is 8.68. The zero-order valence-electron chi connectivity index (χ0n) is 15.8. The van der Waals surface area contributed by atoms with Crippen molar-refractivity contribution in [1.82, 2.24) is 15.2 Å². The van der Waals surface area contributed by atoms with E-state index in [1.165, 1.54) is 16.7 Å². The van der Waals surface area contributed by atoms with Crippen LogP contribution in [0.1, 0.15) is 10.4 Å². The first-order chi connectivity index (χ1) is 14.2. The van der Waals surface area contributed by atoms with Gasteiger partial charge in [-0.15, -0.1) is 11.8 Å². The van der Waals surface area contributed by atoms with Gasteiger partial charge in [0.05, 0.1) is 42.8 Å². The number of ether oxygens (including phenoxy) is 1. The Labute approximate surface area is 172 Å². The highest BCUT2D eigenvalue weighted by molar-refractivity contribution is 7.99. The fourth-order valence-electron chi connectivity index (χ4n) is 3.50. The molecule has 0 radical (unpaired) electrons. The smallest absolute Gasteiger partial charge is 0.252 e. The van der Waals surface area contributed by atoms with Crippen LogP contribution in [0.3, 0.4) is 0 Å². The van der Waals surface area contributed by atoms with Crippen LogP contribution in [0, 0.1) is 11.3 Å². The minimum atomic E-state index is -0.428. The number of nitrogens with one attached hydrogen (secondary N) is 1. The molecule has 2 saturated heterocycles. The first-order valence-corrected chi connectivity index (χ1v) is 10.6. The number of thioether (sulfide) groups is 1. The van der Waals surface area contributed by atoms with E-state index in [0.717, 1.165) is 29.7 Å². The number of carbonyl (C=O) groups is 2. The van der Waals surface area contributed by atoms with Gasteiger partial charge in [-0.05, 0) is 24.3 Å². The molecular weight excluding hydrogens is 390 g/mol. The molecule has 2 aliphatic rings. The summed E-state index contributed by atoms with van der Waals surface area (Å²) in [6.45, 7) is 2.83. The normalized spacial score (nSPS) is 19.2. The molecule has 9 heteroatoms. The largest absolute Gasteiger partial charge is 0.378 e. The number of anilines is 1. The molecule has 0 bridgehead atoms. The predicted molar refractivity (Wildman–Crippen MR) is 111 cm³/mol. The minimum absolute atomic E-state index is 0.134. The van der Waals surface area contributed by atoms with Crippen molar-refractivity contribution < 1.29 is 14.3 Å². The van der Waals surface area contributed by atoms with E-state index in [1.54, 1.807) is 12.3 Å². The van der Waals surface area contributed by atoms with Crippen molar-refractivity contribution in [3.63, 3.8) is 0 Å². The molecule has 2 amide bonds. The van der Waals surface area contributed by atoms with Crippen LogP contribution in [0.25, 0.3) is 10.9 Å². The molecular formula is C20H21N5O3S. The SMILES string of the molecule is N#C[C@@H]1CSCN1C(=O)CNC(=O)c1ccnc2ccc(N3CCOCC3)cc12. The molecule has 0 spiro atoms. The third-order valence-corrected chi connectivity index (χ3v) is 6.11. The Hall–Kier alpha value is -2.83. The van der Waals surface area contributed by atoms with Crippen LogP contribution >= 0.6 is 11.8 Å². The molecule has 2 aromatic rings. The van der Waals surface area contributed by atoms with E-state index in [1.807, 2.05) is 18.2 Å². The fraction of sp³-hybridized carbons (Fsp3) is 0.400. The van der Waals surface area contributed by atoms with Crippen molar-refractivity contribution >= 4 is 40.2 Å². The molecule has 0 unspecified atom stereocenters. The summed E-state index contributed by atoms with van der Waals surface area (Å²) in [4.78, 5) is 33.3. The van der Waals surface area contributed by atoms with Crippen LogP contribution in [0.4, 0.5) is 5.69 Å². The van der Waals surface area contributed by atoms with Gasteiger partial charge in [0.2, 0.25) is 5.91 Å². The number of rotatable bonds is 4. The van der Waals surface area contributed by atoms with Gasteiger partial charge >= 0.3 is 0 Å². The van der Waals surface area contributed by atoms with E-state index in [-0.39, 0.29) is 18.4 Å². The van der Waals surface area contributed by atoms with E-state index >= 15 is 0 Å². The maximum absolute atomic E-state index is 12.8. The van der Waals surface area contributed by atoms with E-state index in [2.05, 4.69) is 21.3 Å². The first-order valence-electron chi connectivity index (χ1n) is 9.44. The maximum Gasteiger partial charge on any atom is 0.252 e. The van der Waals surface area contributed by atoms with Gasteiger partial charge in [-0.1, -0.05) is 0 Å². The van der Waals surface area contributed by atoms with Gasteiger partial charge in [-0.2, -0.15) is 5.26 Å². The fourth-order valence-corrected chi connectivity index (χ4v) is 4.60. The molecule has 150 valence electrons. The summed E-state index contributed by atoms with van der Waals surface area (Å²) in [6, 6.07) is 9.23. The molecule has 1 atom stereocenters. The van der Waals surface area contributed by atoms with Gasteiger partial charge in [0, 0.05) is 36.1 Å². The van der Waals surface area contributed by atoms with Gasteiger partial charge < -0.3 is 19.9 Å². The Kier molecular flexibility index (Phi) is 5.83. The van der Waals surface area contributed by atoms with E-state index in [4.69, 9.17) is 10.00 Å². The van der Waals surface area contributed by atoms with Crippen molar-refractivity contribution in [3.8, 4) is 6.07 Å². The van der Waals surface area contributed by atoms with Gasteiger partial charge in [-0.3, -0.25) is 14.6 Å². The lowest BCUT2D eigenvalue weighted by molar-refractivity contribution is -0.129. The van der Waals surface area contributed by atoms with E-state index in [0.29, 0.717) is 30.4 Å². The standard InChI is InChI=1S/C20H21N5O3S/c21-10-15-12-29-13-25(15)19(26)11-23-20(27)16-3-4-22-18-2-1-14(9-17(16)18)24-5-7-28-8-6-24/h1-4,9,15H,5-8,11-13H2,(H,23,27)/t15-/m1/s1. The lowest BCUT2D eigenvalue weighted by atomic mass is 10.1. The van der Waals surface area contributed by atoms with Gasteiger partial charge in [0.25, 0.3) is 5.91 Å². The molecule has 29 heavy (non-hydrogen) atoms. The second-order valence-corrected chi connectivity index (χ2v) is 7.85. The molecule has 1 N–H and O–H groups in total.